The molecule has 664 valence electrons. The summed E-state index contributed by atoms with van der Waals surface area (Å²) in [7, 11) is 0. The fourth-order valence-corrected chi connectivity index (χ4v) is 23.2. The van der Waals surface area contributed by atoms with Crippen molar-refractivity contribution in [1.29, 1.82) is 0 Å². The van der Waals surface area contributed by atoms with Crippen LogP contribution < -0.4 is 0 Å². The van der Waals surface area contributed by atoms with Gasteiger partial charge in [0, 0.05) is 101 Å². The van der Waals surface area contributed by atoms with Gasteiger partial charge in [-0.05, 0) is 263 Å². The van der Waals surface area contributed by atoms with Crippen molar-refractivity contribution in [3.8, 4) is 95.0 Å². The molecule has 6 aromatic heterocycles. The summed E-state index contributed by atoms with van der Waals surface area (Å²) in [5.41, 5.74) is 30.8. The zero-order valence-corrected chi connectivity index (χ0v) is 77.8. The van der Waals surface area contributed by atoms with Gasteiger partial charge in [0.05, 0.1) is 55.3 Å². The quantitative estimate of drug-likeness (QED) is 0.128. The number of hydrogen-bond acceptors (Lipinski definition) is 3. The molecule has 0 bridgehead atoms. The van der Waals surface area contributed by atoms with Crippen molar-refractivity contribution in [3.63, 3.8) is 0 Å². The Bertz CT molecular complexity index is 10300. The number of hydrogen-bond donors (Lipinski definition) is 0. The van der Waals surface area contributed by atoms with E-state index < -0.39 is 0 Å². The predicted octanol–water partition coefficient (Wildman–Crippen LogP) is 36.9. The van der Waals surface area contributed by atoms with E-state index in [1.165, 1.54) is 224 Å². The average molecular weight is 1820 g/mol. The van der Waals surface area contributed by atoms with E-state index in [0.717, 1.165) is 55.1 Å². The van der Waals surface area contributed by atoms with Crippen LogP contribution in [-0.4, -0.2) is 28.7 Å². The van der Waals surface area contributed by atoms with Crippen molar-refractivity contribution in [2.75, 3.05) is 0 Å². The van der Waals surface area contributed by atoms with Crippen molar-refractivity contribution >= 4 is 184 Å². The number of benzene rings is 24. The summed E-state index contributed by atoms with van der Waals surface area (Å²) in [4.78, 5) is 14.6. The molecule has 0 spiro atoms. The lowest BCUT2D eigenvalue weighted by Crippen LogP contribution is -1.95. The molecular weight excluding hydrogens is 1730 g/mol. The molecule has 30 aromatic rings. The molecule has 0 atom stereocenters. The first-order valence-electron chi connectivity index (χ1n) is 49.1. The van der Waals surface area contributed by atoms with Crippen LogP contribution in [-0.2, 0) is 0 Å². The SMILES string of the molecule is c1ccc(-c2ccc(-n3c4ccccc4c4cc(-c5c6ccccc6c(-c6cnc7ccccc7c6)c6ccccc56)ccc43)cc2)cc1.c1ccc2cc(-n3c4ccccc4c4cc(-c5c6ccccc6c(-c6cnc7ccccc7c6)c6ccccc56)ccc43)ccc2c1.c1ccc2ncc(-c3c4ccccc4c(-c4ccc5c(c4)c4ccccc4n5-c4cccc5ccccc45)c4ccccc34)cc2c1. The van der Waals surface area contributed by atoms with E-state index in [1.807, 2.05) is 36.8 Å². The number of nitrogens with zero attached hydrogens (tertiary/aromatic N) is 6. The lowest BCUT2D eigenvalue weighted by molar-refractivity contribution is 1.18. The summed E-state index contributed by atoms with van der Waals surface area (Å²) in [5, 5.41) is 30.8. The van der Waals surface area contributed by atoms with Gasteiger partial charge in [0.25, 0.3) is 0 Å². The Balaban J connectivity index is 0.000000105. The second-order valence-corrected chi connectivity index (χ2v) is 37.5. The largest absolute Gasteiger partial charge is 0.309 e. The first kappa shape index (κ1) is 82.3. The van der Waals surface area contributed by atoms with Crippen LogP contribution >= 0.6 is 0 Å². The van der Waals surface area contributed by atoms with Gasteiger partial charge in [-0.3, -0.25) is 15.0 Å². The average Bonchev–Trinajstić information content (AvgIpc) is 1.70. The smallest absolute Gasteiger partial charge is 0.0702 e. The van der Waals surface area contributed by atoms with Gasteiger partial charge in [-0.1, -0.05) is 382 Å². The first-order valence-corrected chi connectivity index (χ1v) is 49.1. The Morgan fingerprint density at radius 3 is 0.769 bits per heavy atom. The van der Waals surface area contributed by atoms with Gasteiger partial charge in [0.15, 0.2) is 0 Å². The van der Waals surface area contributed by atoms with Gasteiger partial charge in [-0.25, -0.2) is 0 Å². The standard InChI is InChI=1S/C47H30N2.2C45H28N2/c1-2-12-31(13-3-1)32-22-25-36(26-23-32)49-44-21-11-9-15-37(44)42-29-34(24-27-45(42)49)46-38-16-5-7-18-40(38)47(41-19-8-6-17-39(41)46)35-28-33-14-4-10-20-43(33)48-30-35;1-3-15-33-29(12-1)14-11-23-41(33)47-42-22-10-8-16-34(42)39-27-31(24-25-43(39)47)44-35-17-4-6-19-37(35)45(38-20-7-5-18-36(38)44)32-26-30-13-2-9-21-40(30)46-28-32;1-2-12-30-26-34(23-21-29(30)11-1)47-42-20-10-8-14-35(42)40-27-32(22-24-43(40)47)44-36-15-4-6-17-38(36)45(39-18-7-5-16-37(39)44)33-25-31-13-3-9-19-41(31)46-28-33/h1-30H;2*1-28H. The van der Waals surface area contributed by atoms with Crippen molar-refractivity contribution in [2.24, 2.45) is 0 Å². The van der Waals surface area contributed by atoms with E-state index in [9.17, 15) is 0 Å². The van der Waals surface area contributed by atoms with Crippen LogP contribution in [0, 0.1) is 0 Å². The summed E-state index contributed by atoms with van der Waals surface area (Å²) in [6.07, 6.45) is 6.10. The Morgan fingerprint density at radius 2 is 0.385 bits per heavy atom. The highest BCUT2D eigenvalue weighted by Crippen LogP contribution is 2.51. The topological polar surface area (TPSA) is 53.5 Å². The van der Waals surface area contributed by atoms with Crippen molar-refractivity contribution in [3.05, 3.63) is 522 Å². The van der Waals surface area contributed by atoms with Gasteiger partial charge < -0.3 is 13.7 Å². The molecule has 0 amide bonds. The number of para-hydroxylation sites is 6. The molecule has 0 radical (unpaired) electrons. The maximum atomic E-state index is 4.86. The fourth-order valence-electron chi connectivity index (χ4n) is 23.2. The van der Waals surface area contributed by atoms with E-state index in [4.69, 9.17) is 15.0 Å². The van der Waals surface area contributed by atoms with E-state index >= 15 is 0 Å². The molecule has 143 heavy (non-hydrogen) atoms. The molecule has 6 heterocycles. The highest BCUT2D eigenvalue weighted by molar-refractivity contribution is 6.27. The lowest BCUT2D eigenvalue weighted by atomic mass is 9.86. The molecule has 0 aliphatic carbocycles. The maximum Gasteiger partial charge on any atom is 0.0702 e. The van der Waals surface area contributed by atoms with Crippen LogP contribution in [0.15, 0.2) is 522 Å². The minimum Gasteiger partial charge on any atom is -0.309 e. The summed E-state index contributed by atoms with van der Waals surface area (Å²) >= 11 is 0. The third kappa shape index (κ3) is 13.7. The van der Waals surface area contributed by atoms with E-state index in [-0.39, 0.29) is 0 Å². The van der Waals surface area contributed by atoms with Gasteiger partial charge in [-0.2, -0.15) is 0 Å². The fraction of sp³-hybridized carbons (Fsp3) is 0. The molecule has 0 fully saturated rings. The molecule has 6 nitrogen and oxygen atoms in total. The number of fused-ring (bicyclic) bond motifs is 20. The minimum absolute atomic E-state index is 1.01. The Kier molecular flexibility index (Phi) is 19.6. The molecule has 0 N–H and O–H groups in total. The summed E-state index contributed by atoms with van der Waals surface area (Å²) in [5.74, 6) is 0. The normalized spacial score (nSPS) is 11.8. The molecule has 0 saturated heterocycles. The molecule has 24 aromatic carbocycles. The van der Waals surface area contributed by atoms with Crippen LogP contribution in [0.1, 0.15) is 0 Å². The molecule has 0 aliphatic heterocycles. The van der Waals surface area contributed by atoms with Crippen molar-refractivity contribution in [2.45, 2.75) is 0 Å². The van der Waals surface area contributed by atoms with Gasteiger partial charge in [0.1, 0.15) is 0 Å². The van der Waals surface area contributed by atoms with Crippen LogP contribution in [0.4, 0.5) is 0 Å². The molecule has 0 saturated carbocycles. The Morgan fingerprint density at radius 1 is 0.126 bits per heavy atom. The molecule has 0 aliphatic rings. The van der Waals surface area contributed by atoms with Crippen molar-refractivity contribution < 1.29 is 0 Å². The third-order valence-corrected chi connectivity index (χ3v) is 29.5. The third-order valence-electron chi connectivity index (χ3n) is 29.5. The highest BCUT2D eigenvalue weighted by atomic mass is 15.0. The lowest BCUT2D eigenvalue weighted by Gasteiger charge is -2.18. The predicted molar refractivity (Wildman–Crippen MR) is 606 cm³/mol. The Hall–Kier alpha value is -19.0. The zero-order valence-electron chi connectivity index (χ0n) is 77.8. The molecular formula is C137H86N6. The van der Waals surface area contributed by atoms with Gasteiger partial charge in [0.2, 0.25) is 0 Å². The maximum absolute atomic E-state index is 4.86. The van der Waals surface area contributed by atoms with Gasteiger partial charge >= 0.3 is 0 Å². The first-order chi connectivity index (χ1) is 71.0. The van der Waals surface area contributed by atoms with Crippen LogP contribution in [0.2, 0.25) is 0 Å². The van der Waals surface area contributed by atoms with E-state index in [1.54, 1.807) is 0 Å². The molecule has 6 heteroatoms. The number of aromatic nitrogens is 6. The summed E-state index contributed by atoms with van der Waals surface area (Å²) < 4.78 is 7.24. The monoisotopic (exact) mass is 1810 g/mol. The summed E-state index contributed by atoms with van der Waals surface area (Å²) in [6.45, 7) is 0. The summed E-state index contributed by atoms with van der Waals surface area (Å²) in [6, 6.07) is 183. The van der Waals surface area contributed by atoms with E-state index in [2.05, 4.69) is 499 Å². The minimum atomic E-state index is 1.01. The van der Waals surface area contributed by atoms with Gasteiger partial charge in [-0.15, -0.1) is 0 Å². The second kappa shape index (κ2) is 34.0. The Labute approximate surface area is 824 Å². The molecule has 0 unspecified atom stereocenters. The van der Waals surface area contributed by atoms with E-state index in [0.29, 0.717) is 0 Å². The van der Waals surface area contributed by atoms with Crippen LogP contribution in [0.5, 0.6) is 0 Å². The molecule has 30 rings (SSSR count). The zero-order chi connectivity index (χ0) is 94.1. The second-order valence-electron chi connectivity index (χ2n) is 37.5. The highest BCUT2D eigenvalue weighted by Gasteiger charge is 2.26. The van der Waals surface area contributed by atoms with Crippen LogP contribution in [0.25, 0.3) is 279 Å². The number of pyridine rings is 3. The number of rotatable bonds is 10. The van der Waals surface area contributed by atoms with Crippen molar-refractivity contribution in [1.82, 2.24) is 28.7 Å². The van der Waals surface area contributed by atoms with Crippen LogP contribution in [0.3, 0.4) is 0 Å².